The Morgan fingerprint density at radius 1 is 1.00 bits per heavy atom. The van der Waals surface area contributed by atoms with Crippen LogP contribution in [0, 0.1) is 20.8 Å². The predicted octanol–water partition coefficient (Wildman–Crippen LogP) is 4.69. The van der Waals surface area contributed by atoms with Crippen molar-refractivity contribution in [2.45, 2.75) is 27.2 Å². The summed E-state index contributed by atoms with van der Waals surface area (Å²) in [4.78, 5) is 12.4. The molecule has 0 aromatic heterocycles. The molecule has 1 nitrogen and oxygen atoms in total. The summed E-state index contributed by atoms with van der Waals surface area (Å²) < 4.78 is 0. The van der Waals surface area contributed by atoms with E-state index in [9.17, 15) is 4.79 Å². The normalized spacial score (nSPS) is 10.5. The SMILES string of the molecule is Cc1ccc(CC(=O)c2cc(C)ccc2C)c(Cl)c1. The number of hydrogen-bond acceptors (Lipinski definition) is 1. The zero-order valence-corrected chi connectivity index (χ0v) is 12.2. The summed E-state index contributed by atoms with van der Waals surface area (Å²) in [6.45, 7) is 5.95. The van der Waals surface area contributed by atoms with Crippen LogP contribution in [0.3, 0.4) is 0 Å². The molecule has 0 fully saturated rings. The molecule has 0 radical (unpaired) electrons. The van der Waals surface area contributed by atoms with Crippen molar-refractivity contribution in [1.82, 2.24) is 0 Å². The molecule has 0 heterocycles. The highest BCUT2D eigenvalue weighted by atomic mass is 35.5. The molecule has 2 heteroatoms. The van der Waals surface area contributed by atoms with Crippen LogP contribution in [0.1, 0.15) is 32.6 Å². The minimum atomic E-state index is 0.118. The van der Waals surface area contributed by atoms with Gasteiger partial charge in [0.05, 0.1) is 0 Å². The van der Waals surface area contributed by atoms with E-state index in [0.717, 1.165) is 27.8 Å². The Morgan fingerprint density at radius 3 is 2.32 bits per heavy atom. The maximum Gasteiger partial charge on any atom is 0.167 e. The molecule has 19 heavy (non-hydrogen) atoms. The minimum Gasteiger partial charge on any atom is -0.294 e. The van der Waals surface area contributed by atoms with Crippen molar-refractivity contribution in [3.63, 3.8) is 0 Å². The van der Waals surface area contributed by atoms with Crippen molar-refractivity contribution >= 4 is 17.4 Å². The number of benzene rings is 2. The van der Waals surface area contributed by atoms with E-state index < -0.39 is 0 Å². The molecule has 0 saturated carbocycles. The van der Waals surface area contributed by atoms with Gasteiger partial charge in [0, 0.05) is 17.0 Å². The molecule has 2 aromatic carbocycles. The Labute approximate surface area is 119 Å². The van der Waals surface area contributed by atoms with Crippen LogP contribution < -0.4 is 0 Å². The number of carbonyl (C=O) groups excluding carboxylic acids is 1. The molecule has 0 aliphatic heterocycles. The molecule has 0 spiro atoms. The first kappa shape index (κ1) is 13.8. The average Bonchev–Trinajstić information content (AvgIpc) is 2.35. The Bertz CT molecular complexity index is 629. The summed E-state index contributed by atoms with van der Waals surface area (Å²) in [5, 5.41) is 0.665. The first-order chi connectivity index (χ1) is 8.97. The van der Waals surface area contributed by atoms with Gasteiger partial charge in [-0.3, -0.25) is 4.79 Å². The van der Waals surface area contributed by atoms with E-state index >= 15 is 0 Å². The van der Waals surface area contributed by atoms with Crippen LogP contribution in [-0.4, -0.2) is 5.78 Å². The molecule has 0 aliphatic carbocycles. The number of aryl methyl sites for hydroxylation is 3. The van der Waals surface area contributed by atoms with Crippen LogP contribution in [0.2, 0.25) is 5.02 Å². The van der Waals surface area contributed by atoms with Gasteiger partial charge in [0.25, 0.3) is 0 Å². The minimum absolute atomic E-state index is 0.118. The Hall–Kier alpha value is -1.60. The highest BCUT2D eigenvalue weighted by Gasteiger charge is 2.12. The third kappa shape index (κ3) is 3.24. The van der Waals surface area contributed by atoms with Gasteiger partial charge in [0.15, 0.2) is 5.78 Å². The van der Waals surface area contributed by atoms with Gasteiger partial charge in [-0.2, -0.15) is 0 Å². The van der Waals surface area contributed by atoms with Gasteiger partial charge < -0.3 is 0 Å². The molecule has 0 atom stereocenters. The van der Waals surface area contributed by atoms with Gasteiger partial charge in [-0.25, -0.2) is 0 Å². The quantitative estimate of drug-likeness (QED) is 0.741. The Kier molecular flexibility index (Phi) is 4.06. The molecule has 2 aromatic rings. The number of hydrogen-bond donors (Lipinski definition) is 0. The largest absolute Gasteiger partial charge is 0.294 e. The van der Waals surface area contributed by atoms with E-state index in [1.807, 2.05) is 57.2 Å². The Morgan fingerprint density at radius 2 is 1.63 bits per heavy atom. The maximum atomic E-state index is 12.4. The topological polar surface area (TPSA) is 17.1 Å². The first-order valence-corrected chi connectivity index (χ1v) is 6.70. The standard InChI is InChI=1S/C17H17ClO/c1-11-4-6-13(3)15(8-11)17(19)10-14-7-5-12(2)9-16(14)18/h4-9H,10H2,1-3H3. The van der Waals surface area contributed by atoms with Crippen molar-refractivity contribution in [3.8, 4) is 0 Å². The lowest BCUT2D eigenvalue weighted by Crippen LogP contribution is -2.06. The van der Waals surface area contributed by atoms with Gasteiger partial charge >= 0.3 is 0 Å². The number of Topliss-reactive ketones (excluding diaryl/α,β-unsaturated/α-hetero) is 1. The van der Waals surface area contributed by atoms with Gasteiger partial charge in [-0.15, -0.1) is 0 Å². The van der Waals surface area contributed by atoms with Crippen molar-refractivity contribution in [3.05, 3.63) is 69.2 Å². The van der Waals surface area contributed by atoms with Crippen LogP contribution in [-0.2, 0) is 6.42 Å². The van der Waals surface area contributed by atoms with Gasteiger partial charge in [0.1, 0.15) is 0 Å². The van der Waals surface area contributed by atoms with Gasteiger partial charge in [-0.05, 0) is 49.6 Å². The fraction of sp³-hybridized carbons (Fsp3) is 0.235. The summed E-state index contributed by atoms with van der Waals surface area (Å²) in [6, 6.07) is 11.8. The molecule has 0 N–H and O–H groups in total. The first-order valence-electron chi connectivity index (χ1n) is 6.33. The summed E-state index contributed by atoms with van der Waals surface area (Å²) in [5.41, 5.74) is 4.89. The van der Waals surface area contributed by atoms with Crippen molar-refractivity contribution < 1.29 is 4.79 Å². The maximum absolute atomic E-state index is 12.4. The molecule has 98 valence electrons. The fourth-order valence-electron chi connectivity index (χ4n) is 2.10. The van der Waals surface area contributed by atoms with Crippen molar-refractivity contribution in [2.75, 3.05) is 0 Å². The lowest BCUT2D eigenvalue weighted by Gasteiger charge is -2.08. The lowest BCUT2D eigenvalue weighted by atomic mass is 9.97. The van der Waals surface area contributed by atoms with Crippen molar-refractivity contribution in [1.29, 1.82) is 0 Å². The molecule has 0 aliphatic rings. The van der Waals surface area contributed by atoms with Crippen LogP contribution in [0.4, 0.5) is 0 Å². The highest BCUT2D eigenvalue weighted by molar-refractivity contribution is 6.31. The van der Waals surface area contributed by atoms with Crippen LogP contribution in [0.15, 0.2) is 36.4 Å². The number of carbonyl (C=O) groups is 1. The zero-order valence-electron chi connectivity index (χ0n) is 11.5. The molecular formula is C17H17ClO. The second-order valence-electron chi connectivity index (χ2n) is 5.01. The lowest BCUT2D eigenvalue weighted by molar-refractivity contribution is 0.0992. The van der Waals surface area contributed by atoms with Crippen LogP contribution >= 0.6 is 11.6 Å². The number of rotatable bonds is 3. The monoisotopic (exact) mass is 272 g/mol. The summed E-state index contributed by atoms with van der Waals surface area (Å²) >= 11 is 6.18. The van der Waals surface area contributed by atoms with E-state index in [-0.39, 0.29) is 5.78 Å². The van der Waals surface area contributed by atoms with E-state index in [4.69, 9.17) is 11.6 Å². The average molecular weight is 273 g/mol. The second-order valence-corrected chi connectivity index (χ2v) is 5.42. The number of halogens is 1. The van der Waals surface area contributed by atoms with E-state index in [1.54, 1.807) is 0 Å². The van der Waals surface area contributed by atoms with Crippen LogP contribution in [0.25, 0.3) is 0 Å². The van der Waals surface area contributed by atoms with E-state index in [2.05, 4.69) is 0 Å². The fourth-order valence-corrected chi connectivity index (χ4v) is 2.40. The number of ketones is 1. The van der Waals surface area contributed by atoms with Crippen LogP contribution in [0.5, 0.6) is 0 Å². The Balaban J connectivity index is 2.28. The summed E-state index contributed by atoms with van der Waals surface area (Å²) in [7, 11) is 0. The molecule has 2 rings (SSSR count). The van der Waals surface area contributed by atoms with E-state index in [1.165, 1.54) is 0 Å². The molecule has 0 amide bonds. The van der Waals surface area contributed by atoms with Gasteiger partial charge in [-0.1, -0.05) is 41.4 Å². The van der Waals surface area contributed by atoms with Gasteiger partial charge in [0.2, 0.25) is 0 Å². The summed E-state index contributed by atoms with van der Waals surface area (Å²) in [6.07, 6.45) is 0.351. The smallest absolute Gasteiger partial charge is 0.167 e. The van der Waals surface area contributed by atoms with E-state index in [0.29, 0.717) is 11.4 Å². The highest BCUT2D eigenvalue weighted by Crippen LogP contribution is 2.21. The third-order valence-corrected chi connectivity index (χ3v) is 3.60. The molecule has 0 bridgehead atoms. The second kappa shape index (κ2) is 5.58. The third-order valence-electron chi connectivity index (χ3n) is 3.25. The molecule has 0 unspecified atom stereocenters. The predicted molar refractivity (Wildman–Crippen MR) is 80.1 cm³/mol. The summed E-state index contributed by atoms with van der Waals surface area (Å²) in [5.74, 6) is 0.118. The van der Waals surface area contributed by atoms with Crippen molar-refractivity contribution in [2.24, 2.45) is 0 Å². The zero-order chi connectivity index (χ0) is 14.0. The molecular weight excluding hydrogens is 256 g/mol. The molecule has 0 saturated heterocycles.